The summed E-state index contributed by atoms with van der Waals surface area (Å²) in [6.07, 6.45) is 3.20. The van der Waals surface area contributed by atoms with Gasteiger partial charge in [0.2, 0.25) is 0 Å². The molecule has 4 amide bonds. The molecular formula is C25H36N4O6. The molecule has 2 N–H and O–H groups in total. The molecule has 4 fully saturated rings. The average Bonchev–Trinajstić information content (AvgIpc) is 3.61. The molecule has 35 heavy (non-hydrogen) atoms. The number of benzene rings is 1. The number of nitrogens with one attached hydrogen (secondary N) is 2. The van der Waals surface area contributed by atoms with E-state index in [1.54, 1.807) is 0 Å². The number of carbonyl (C=O) groups excluding carboxylic acids is 2. The molecule has 0 saturated carbocycles. The number of rotatable bonds is 4. The molecule has 0 unspecified atom stereocenters. The van der Waals surface area contributed by atoms with Crippen molar-refractivity contribution < 1.29 is 28.5 Å². The third-order valence-corrected chi connectivity index (χ3v) is 7.45. The van der Waals surface area contributed by atoms with Crippen LogP contribution in [0.25, 0.3) is 0 Å². The predicted molar refractivity (Wildman–Crippen MR) is 129 cm³/mol. The van der Waals surface area contributed by atoms with Crippen LogP contribution in [0.5, 0.6) is 0 Å². The van der Waals surface area contributed by atoms with Crippen LogP contribution >= 0.6 is 0 Å². The Hall–Kier alpha value is -2.40. The SMILES string of the molecule is Cc1ccc(NC(=O)N2CCC(C3OCCO3)CC2)cc1NC(=O)N1CCC(C2OCCO2)CC1. The highest BCUT2D eigenvalue weighted by molar-refractivity contribution is 5.93. The minimum atomic E-state index is -0.128. The molecule has 1 aromatic carbocycles. The molecule has 0 spiro atoms. The van der Waals surface area contributed by atoms with Gasteiger partial charge < -0.3 is 39.4 Å². The van der Waals surface area contributed by atoms with Gasteiger partial charge in [-0.2, -0.15) is 0 Å². The Kier molecular flexibility index (Phi) is 7.72. The Morgan fingerprint density at radius 2 is 1.20 bits per heavy atom. The lowest BCUT2D eigenvalue weighted by Crippen LogP contribution is -2.43. The maximum absolute atomic E-state index is 12.9. The number of amides is 4. The Morgan fingerprint density at radius 1 is 0.743 bits per heavy atom. The molecule has 4 aliphatic rings. The van der Waals surface area contributed by atoms with Crippen molar-refractivity contribution in [2.45, 2.75) is 45.2 Å². The number of carbonyl (C=O) groups is 2. The van der Waals surface area contributed by atoms with Crippen LogP contribution in [-0.2, 0) is 18.9 Å². The van der Waals surface area contributed by atoms with Crippen LogP contribution in [0.3, 0.4) is 0 Å². The highest BCUT2D eigenvalue weighted by Crippen LogP contribution is 2.28. The summed E-state index contributed by atoms with van der Waals surface area (Å²) in [5.41, 5.74) is 2.30. The number of urea groups is 2. The Bertz CT molecular complexity index is 886. The third-order valence-electron chi connectivity index (χ3n) is 7.45. The standard InChI is InChI=1S/C25H36N4O6/c1-17-2-3-20(26-24(30)28-8-4-18(5-9-28)22-32-12-13-33-22)16-21(17)27-25(31)29-10-6-19(7-11-29)23-34-14-15-35-23/h2-3,16,18-19,22-23H,4-15H2,1H3,(H,26,30)(H,27,31). The zero-order valence-electron chi connectivity index (χ0n) is 20.4. The number of nitrogens with zero attached hydrogens (tertiary/aromatic N) is 2. The van der Waals surface area contributed by atoms with Gasteiger partial charge in [-0.3, -0.25) is 0 Å². The van der Waals surface area contributed by atoms with Gasteiger partial charge in [0.15, 0.2) is 12.6 Å². The lowest BCUT2D eigenvalue weighted by molar-refractivity contribution is -0.0951. The minimum absolute atomic E-state index is 0.123. The summed E-state index contributed by atoms with van der Waals surface area (Å²) >= 11 is 0. The van der Waals surface area contributed by atoms with E-state index in [2.05, 4.69) is 10.6 Å². The van der Waals surface area contributed by atoms with Crippen molar-refractivity contribution >= 4 is 23.4 Å². The monoisotopic (exact) mass is 488 g/mol. The van der Waals surface area contributed by atoms with E-state index in [4.69, 9.17) is 18.9 Å². The van der Waals surface area contributed by atoms with Gasteiger partial charge in [-0.15, -0.1) is 0 Å². The molecule has 4 heterocycles. The van der Waals surface area contributed by atoms with Crippen LogP contribution in [-0.4, -0.2) is 87.0 Å². The Morgan fingerprint density at radius 3 is 1.69 bits per heavy atom. The fourth-order valence-electron chi connectivity index (χ4n) is 5.28. The van der Waals surface area contributed by atoms with E-state index in [1.165, 1.54) is 0 Å². The predicted octanol–water partition coefficient (Wildman–Crippen LogP) is 3.23. The molecule has 0 aromatic heterocycles. The molecule has 0 radical (unpaired) electrons. The van der Waals surface area contributed by atoms with Crippen LogP contribution in [0.4, 0.5) is 21.0 Å². The number of aryl methyl sites for hydroxylation is 1. The summed E-state index contributed by atoms with van der Waals surface area (Å²) < 4.78 is 22.5. The molecule has 0 aliphatic carbocycles. The largest absolute Gasteiger partial charge is 0.350 e. The van der Waals surface area contributed by atoms with Gasteiger partial charge in [-0.05, 0) is 50.3 Å². The average molecular weight is 489 g/mol. The highest BCUT2D eigenvalue weighted by Gasteiger charge is 2.33. The molecule has 192 valence electrons. The van der Waals surface area contributed by atoms with Crippen LogP contribution < -0.4 is 10.6 Å². The summed E-state index contributed by atoms with van der Waals surface area (Å²) in [5.74, 6) is 0.677. The van der Waals surface area contributed by atoms with Crippen molar-refractivity contribution in [1.29, 1.82) is 0 Å². The van der Waals surface area contributed by atoms with Crippen molar-refractivity contribution in [3.63, 3.8) is 0 Å². The lowest BCUT2D eigenvalue weighted by Gasteiger charge is -2.34. The number of anilines is 2. The van der Waals surface area contributed by atoms with E-state index >= 15 is 0 Å². The molecule has 5 rings (SSSR count). The Labute approximate surface area is 206 Å². The maximum Gasteiger partial charge on any atom is 0.321 e. The molecule has 4 saturated heterocycles. The van der Waals surface area contributed by atoms with E-state index in [-0.39, 0.29) is 24.6 Å². The first kappa shape index (κ1) is 24.3. The van der Waals surface area contributed by atoms with Gasteiger partial charge in [0.25, 0.3) is 0 Å². The number of hydrogen-bond acceptors (Lipinski definition) is 6. The van der Waals surface area contributed by atoms with Crippen LogP contribution in [0, 0.1) is 18.8 Å². The molecule has 0 bridgehead atoms. The van der Waals surface area contributed by atoms with Crippen LogP contribution in [0.15, 0.2) is 18.2 Å². The first-order chi connectivity index (χ1) is 17.1. The third kappa shape index (κ3) is 5.88. The second-order valence-corrected chi connectivity index (χ2v) is 9.76. The fraction of sp³-hybridized carbons (Fsp3) is 0.680. The van der Waals surface area contributed by atoms with Crippen LogP contribution in [0.1, 0.15) is 31.2 Å². The normalized spacial score (nSPS) is 23.1. The summed E-state index contributed by atoms with van der Waals surface area (Å²) in [4.78, 5) is 29.4. The molecule has 4 aliphatic heterocycles. The maximum atomic E-state index is 12.9. The van der Waals surface area contributed by atoms with Gasteiger partial charge >= 0.3 is 12.1 Å². The fourth-order valence-corrected chi connectivity index (χ4v) is 5.28. The van der Waals surface area contributed by atoms with E-state index < -0.39 is 0 Å². The van der Waals surface area contributed by atoms with E-state index in [1.807, 2.05) is 34.9 Å². The topological polar surface area (TPSA) is 102 Å². The van der Waals surface area contributed by atoms with E-state index in [9.17, 15) is 9.59 Å². The van der Waals surface area contributed by atoms with E-state index in [0.717, 1.165) is 31.2 Å². The van der Waals surface area contributed by atoms with Crippen LogP contribution in [0.2, 0.25) is 0 Å². The van der Waals surface area contributed by atoms with Gasteiger partial charge in [0.1, 0.15) is 0 Å². The second-order valence-electron chi connectivity index (χ2n) is 9.76. The summed E-state index contributed by atoms with van der Waals surface area (Å²) in [6, 6.07) is 5.35. The first-order valence-electron chi connectivity index (χ1n) is 12.8. The van der Waals surface area contributed by atoms with Gasteiger partial charge in [0, 0.05) is 49.4 Å². The smallest absolute Gasteiger partial charge is 0.321 e. The quantitative estimate of drug-likeness (QED) is 0.675. The van der Waals surface area contributed by atoms with Crippen molar-refractivity contribution in [2.24, 2.45) is 11.8 Å². The summed E-state index contributed by atoms with van der Waals surface area (Å²) in [5, 5.41) is 6.01. The van der Waals surface area contributed by atoms with Gasteiger partial charge in [-0.1, -0.05) is 6.07 Å². The molecule has 10 heteroatoms. The van der Waals surface area contributed by atoms with Crippen molar-refractivity contribution in [1.82, 2.24) is 9.80 Å². The number of hydrogen-bond donors (Lipinski definition) is 2. The van der Waals surface area contributed by atoms with Gasteiger partial charge in [-0.25, -0.2) is 9.59 Å². The zero-order chi connectivity index (χ0) is 24.2. The molecule has 0 atom stereocenters. The number of piperidine rings is 2. The second kappa shape index (κ2) is 11.1. The molecular weight excluding hydrogens is 452 g/mol. The lowest BCUT2D eigenvalue weighted by atomic mass is 9.96. The first-order valence-corrected chi connectivity index (χ1v) is 12.8. The number of ether oxygens (including phenoxy) is 4. The van der Waals surface area contributed by atoms with Crippen molar-refractivity contribution in [3.05, 3.63) is 23.8 Å². The minimum Gasteiger partial charge on any atom is -0.350 e. The van der Waals surface area contributed by atoms with E-state index in [0.29, 0.717) is 75.8 Å². The zero-order valence-corrected chi connectivity index (χ0v) is 20.4. The number of likely N-dealkylation sites (tertiary alicyclic amines) is 2. The molecule has 1 aromatic rings. The van der Waals surface area contributed by atoms with Crippen molar-refractivity contribution in [3.8, 4) is 0 Å². The highest BCUT2D eigenvalue weighted by atomic mass is 16.7. The summed E-state index contributed by atoms with van der Waals surface area (Å²) in [7, 11) is 0. The van der Waals surface area contributed by atoms with Gasteiger partial charge in [0.05, 0.1) is 26.4 Å². The summed E-state index contributed by atoms with van der Waals surface area (Å²) in [6.45, 7) is 7.23. The van der Waals surface area contributed by atoms with Crippen molar-refractivity contribution in [2.75, 3.05) is 63.2 Å². The molecule has 10 nitrogen and oxygen atoms in total. The Balaban J connectivity index is 1.11.